The average Bonchev–Trinajstić information content (AvgIpc) is 2.57. The highest BCUT2D eigenvalue weighted by atomic mass is 79.9. The second-order valence-corrected chi connectivity index (χ2v) is 5.95. The number of ether oxygens (including phenoxy) is 2. The van der Waals surface area contributed by atoms with E-state index in [4.69, 9.17) is 21.7 Å². The first-order chi connectivity index (χ1) is 11.9. The van der Waals surface area contributed by atoms with Crippen molar-refractivity contribution in [3.05, 3.63) is 52.0 Å². The van der Waals surface area contributed by atoms with Crippen LogP contribution in [0.4, 0.5) is 14.5 Å². The second-order valence-electron chi connectivity index (χ2n) is 4.69. The maximum Gasteiger partial charge on any atom is 0.264 e. The number of hydrogen-bond donors (Lipinski definition) is 2. The summed E-state index contributed by atoms with van der Waals surface area (Å²) in [4.78, 5) is 12.5. The summed E-state index contributed by atoms with van der Waals surface area (Å²) in [6, 6.07) is 6.60. The lowest BCUT2D eigenvalue weighted by atomic mass is 10.1. The summed E-state index contributed by atoms with van der Waals surface area (Å²) >= 11 is 8.05. The van der Waals surface area contributed by atoms with Crippen LogP contribution in [-0.4, -0.2) is 25.2 Å². The van der Waals surface area contributed by atoms with Gasteiger partial charge in [-0.15, -0.1) is 0 Å². The van der Waals surface area contributed by atoms with Gasteiger partial charge in [0, 0.05) is 10.5 Å². The Bertz CT molecular complexity index is 788. The highest BCUT2D eigenvalue weighted by molar-refractivity contribution is 9.10. The molecule has 2 rings (SSSR count). The highest BCUT2D eigenvalue weighted by Gasteiger charge is 2.20. The van der Waals surface area contributed by atoms with Gasteiger partial charge in [0.15, 0.2) is 10.9 Å². The van der Waals surface area contributed by atoms with E-state index in [0.717, 1.165) is 6.07 Å². The zero-order chi connectivity index (χ0) is 18.6. The lowest BCUT2D eigenvalue weighted by molar-refractivity contribution is 0.0971. The van der Waals surface area contributed by atoms with Crippen molar-refractivity contribution < 1.29 is 23.0 Å². The Labute approximate surface area is 156 Å². The minimum absolute atomic E-state index is 0.0984. The molecule has 0 aliphatic rings. The van der Waals surface area contributed by atoms with Crippen LogP contribution >= 0.6 is 28.1 Å². The monoisotopic (exact) mass is 430 g/mol. The molecule has 25 heavy (non-hydrogen) atoms. The zero-order valence-corrected chi connectivity index (χ0v) is 15.6. The number of benzene rings is 2. The van der Waals surface area contributed by atoms with Crippen LogP contribution in [0.1, 0.15) is 10.4 Å². The van der Waals surface area contributed by atoms with E-state index < -0.39 is 17.5 Å². The number of hydrogen-bond acceptors (Lipinski definition) is 4. The number of carbonyl (C=O) groups excluding carboxylic acids is 1. The van der Waals surface area contributed by atoms with Gasteiger partial charge < -0.3 is 14.8 Å². The molecule has 5 nitrogen and oxygen atoms in total. The molecule has 0 unspecified atom stereocenters. The van der Waals surface area contributed by atoms with Gasteiger partial charge in [-0.1, -0.05) is 6.07 Å². The summed E-state index contributed by atoms with van der Waals surface area (Å²) in [6.07, 6.45) is 0. The summed E-state index contributed by atoms with van der Waals surface area (Å²) in [5.41, 5.74) is 0.0361. The number of nitrogens with one attached hydrogen (secondary N) is 2. The Morgan fingerprint density at radius 1 is 1.16 bits per heavy atom. The molecule has 1 amide bonds. The van der Waals surface area contributed by atoms with Gasteiger partial charge in [-0.25, -0.2) is 8.78 Å². The van der Waals surface area contributed by atoms with Gasteiger partial charge in [0.2, 0.25) is 0 Å². The fourth-order valence-electron chi connectivity index (χ4n) is 2.05. The van der Waals surface area contributed by atoms with Crippen molar-refractivity contribution in [1.82, 2.24) is 5.32 Å². The number of anilines is 1. The topological polar surface area (TPSA) is 59.6 Å². The molecule has 2 N–H and O–H groups in total. The molecule has 2 aromatic carbocycles. The van der Waals surface area contributed by atoms with Gasteiger partial charge in [0.05, 0.1) is 19.9 Å². The molecule has 0 aliphatic heterocycles. The lowest BCUT2D eigenvalue weighted by Gasteiger charge is -2.15. The fourth-order valence-corrected chi connectivity index (χ4v) is 2.75. The smallest absolute Gasteiger partial charge is 0.264 e. The van der Waals surface area contributed by atoms with Gasteiger partial charge >= 0.3 is 0 Å². The Morgan fingerprint density at radius 3 is 2.28 bits per heavy atom. The van der Waals surface area contributed by atoms with Crippen molar-refractivity contribution in [2.75, 3.05) is 19.5 Å². The molecule has 9 heteroatoms. The van der Waals surface area contributed by atoms with Crippen molar-refractivity contribution >= 4 is 44.9 Å². The summed E-state index contributed by atoms with van der Waals surface area (Å²) in [5, 5.41) is 4.74. The van der Waals surface area contributed by atoms with Crippen molar-refractivity contribution in [2.24, 2.45) is 0 Å². The van der Waals surface area contributed by atoms with Crippen molar-refractivity contribution in [3.63, 3.8) is 0 Å². The number of halogens is 3. The molecule has 0 heterocycles. The van der Waals surface area contributed by atoms with E-state index in [0.29, 0.717) is 6.07 Å². The van der Waals surface area contributed by atoms with E-state index in [2.05, 4.69) is 26.6 Å². The van der Waals surface area contributed by atoms with E-state index >= 15 is 0 Å². The third-order valence-corrected chi connectivity index (χ3v) is 3.96. The largest absolute Gasteiger partial charge is 0.496 e. The Balaban J connectivity index is 2.21. The standard InChI is InChI=1S/C16H13BrF2N2O3S/c1-23-11-4-3-5-12(24-2)13(11)15(22)21-16(25)20-14-9(17)6-8(18)7-10(14)19/h3-7H,1-2H3,(H2,20,21,22,25). The van der Waals surface area contributed by atoms with Gasteiger partial charge in [-0.3, -0.25) is 10.1 Å². The molecule has 0 aromatic heterocycles. The molecule has 0 fully saturated rings. The van der Waals surface area contributed by atoms with Crippen molar-refractivity contribution in [1.29, 1.82) is 0 Å². The third-order valence-electron chi connectivity index (χ3n) is 3.13. The van der Waals surface area contributed by atoms with Crippen molar-refractivity contribution in [2.45, 2.75) is 0 Å². The van der Waals surface area contributed by atoms with E-state index in [1.165, 1.54) is 14.2 Å². The Kier molecular flexibility index (Phi) is 6.27. The normalized spacial score (nSPS) is 10.1. The zero-order valence-electron chi connectivity index (χ0n) is 13.2. The average molecular weight is 431 g/mol. The molecular weight excluding hydrogens is 418 g/mol. The van der Waals surface area contributed by atoms with Crippen LogP contribution in [0.3, 0.4) is 0 Å². The first-order valence-electron chi connectivity index (χ1n) is 6.85. The predicted octanol–water partition coefficient (Wildman–Crippen LogP) is 3.87. The highest BCUT2D eigenvalue weighted by Crippen LogP contribution is 2.29. The molecule has 132 valence electrons. The second kappa shape index (κ2) is 8.21. The molecule has 0 radical (unpaired) electrons. The summed E-state index contributed by atoms with van der Waals surface area (Å²) < 4.78 is 37.4. The van der Waals surface area contributed by atoms with Crippen LogP contribution in [0.5, 0.6) is 11.5 Å². The quantitative estimate of drug-likeness (QED) is 0.720. The van der Waals surface area contributed by atoms with E-state index in [1.807, 2.05) is 0 Å². The fraction of sp³-hybridized carbons (Fsp3) is 0.125. The van der Waals surface area contributed by atoms with Crippen LogP contribution < -0.4 is 20.1 Å². The van der Waals surface area contributed by atoms with Gasteiger partial charge in [-0.2, -0.15) is 0 Å². The molecule has 0 saturated carbocycles. The number of amides is 1. The SMILES string of the molecule is COc1cccc(OC)c1C(=O)NC(=S)Nc1c(F)cc(F)cc1Br. The van der Waals surface area contributed by atoms with E-state index in [-0.39, 0.29) is 32.3 Å². The maximum absolute atomic E-state index is 13.8. The first-order valence-corrected chi connectivity index (χ1v) is 8.05. The van der Waals surface area contributed by atoms with Crippen LogP contribution in [-0.2, 0) is 0 Å². The minimum atomic E-state index is -0.863. The minimum Gasteiger partial charge on any atom is -0.496 e. The van der Waals surface area contributed by atoms with Crippen LogP contribution in [0, 0.1) is 11.6 Å². The molecule has 0 bridgehead atoms. The molecular formula is C16H13BrF2N2O3S. The molecule has 0 aliphatic carbocycles. The molecule has 2 aromatic rings. The Morgan fingerprint density at radius 2 is 1.76 bits per heavy atom. The lowest BCUT2D eigenvalue weighted by Crippen LogP contribution is -2.35. The number of methoxy groups -OCH3 is 2. The summed E-state index contributed by atoms with van der Waals surface area (Å²) in [5.74, 6) is -1.64. The maximum atomic E-state index is 13.8. The molecule has 0 atom stereocenters. The van der Waals surface area contributed by atoms with Crippen LogP contribution in [0.25, 0.3) is 0 Å². The summed E-state index contributed by atoms with van der Waals surface area (Å²) in [7, 11) is 2.82. The summed E-state index contributed by atoms with van der Waals surface area (Å²) in [6.45, 7) is 0. The van der Waals surface area contributed by atoms with Crippen molar-refractivity contribution in [3.8, 4) is 11.5 Å². The first kappa shape index (κ1) is 19.1. The van der Waals surface area contributed by atoms with Gasteiger partial charge in [-0.05, 0) is 46.3 Å². The van der Waals surface area contributed by atoms with E-state index in [1.54, 1.807) is 18.2 Å². The Hall–Kier alpha value is -2.26. The molecule has 0 spiro atoms. The predicted molar refractivity (Wildman–Crippen MR) is 97.3 cm³/mol. The number of carbonyl (C=O) groups is 1. The van der Waals surface area contributed by atoms with E-state index in [9.17, 15) is 13.6 Å². The number of rotatable bonds is 4. The number of thiocarbonyl (C=S) groups is 1. The molecule has 0 saturated heterocycles. The van der Waals surface area contributed by atoms with Gasteiger partial charge in [0.25, 0.3) is 5.91 Å². The van der Waals surface area contributed by atoms with Crippen LogP contribution in [0.15, 0.2) is 34.8 Å². The van der Waals surface area contributed by atoms with Crippen LogP contribution in [0.2, 0.25) is 0 Å². The third kappa shape index (κ3) is 4.43. The van der Waals surface area contributed by atoms with Gasteiger partial charge in [0.1, 0.15) is 22.9 Å².